The molecule has 19 heavy (non-hydrogen) atoms. The van der Waals surface area contributed by atoms with E-state index in [4.69, 9.17) is 40.5 Å². The summed E-state index contributed by atoms with van der Waals surface area (Å²) < 4.78 is 0. The van der Waals surface area contributed by atoms with E-state index in [2.05, 4.69) is 10.3 Å². The fraction of sp³-hybridized carbons (Fsp3) is 0. The molecule has 1 heterocycles. The van der Waals surface area contributed by atoms with Gasteiger partial charge in [0.15, 0.2) is 0 Å². The zero-order valence-electron chi connectivity index (χ0n) is 9.45. The van der Waals surface area contributed by atoms with Gasteiger partial charge in [-0.1, -0.05) is 34.8 Å². The third-order valence-corrected chi connectivity index (χ3v) is 3.34. The van der Waals surface area contributed by atoms with Crippen LogP contribution < -0.4 is 11.1 Å². The highest BCUT2D eigenvalue weighted by Gasteiger charge is 2.11. The molecule has 0 aliphatic carbocycles. The molecule has 2 aromatic rings. The van der Waals surface area contributed by atoms with Gasteiger partial charge >= 0.3 is 0 Å². The number of hydrogen-bond donors (Lipinski definition) is 2. The number of nitrogens with two attached hydrogens (primary N) is 1. The number of amides is 1. The van der Waals surface area contributed by atoms with E-state index >= 15 is 0 Å². The number of carbonyl (C=O) groups excluding carboxylic acids is 1. The third kappa shape index (κ3) is 3.29. The van der Waals surface area contributed by atoms with E-state index in [9.17, 15) is 4.79 Å². The maximum absolute atomic E-state index is 11.9. The predicted octanol–water partition coefficient (Wildman–Crippen LogP) is 3.88. The number of pyridine rings is 1. The van der Waals surface area contributed by atoms with Crippen LogP contribution in [-0.2, 0) is 0 Å². The zero-order chi connectivity index (χ0) is 14.0. The molecule has 4 nitrogen and oxygen atoms in total. The molecule has 7 heteroatoms. The molecule has 0 saturated carbocycles. The minimum Gasteiger partial charge on any atom is -0.384 e. The summed E-state index contributed by atoms with van der Waals surface area (Å²) >= 11 is 17.6. The number of nitrogens with zero attached hydrogens (tertiary/aromatic N) is 1. The number of halogens is 3. The van der Waals surface area contributed by atoms with E-state index in [1.807, 2.05) is 0 Å². The van der Waals surface area contributed by atoms with Crippen molar-refractivity contribution in [3.05, 3.63) is 51.1 Å². The fourth-order valence-electron chi connectivity index (χ4n) is 1.35. The van der Waals surface area contributed by atoms with Crippen LogP contribution in [0.1, 0.15) is 10.4 Å². The van der Waals surface area contributed by atoms with Gasteiger partial charge in [0, 0.05) is 6.20 Å². The van der Waals surface area contributed by atoms with E-state index in [0.29, 0.717) is 32.1 Å². The summed E-state index contributed by atoms with van der Waals surface area (Å²) in [5.74, 6) is -0.0306. The molecule has 0 unspecified atom stereocenters. The van der Waals surface area contributed by atoms with Gasteiger partial charge in [0.25, 0.3) is 5.91 Å². The molecule has 0 aliphatic rings. The Bertz CT molecular complexity index is 629. The number of nitrogen functional groups attached to an aromatic ring is 1. The van der Waals surface area contributed by atoms with Crippen LogP contribution in [0.4, 0.5) is 11.5 Å². The van der Waals surface area contributed by atoms with Crippen molar-refractivity contribution < 1.29 is 4.79 Å². The van der Waals surface area contributed by atoms with Gasteiger partial charge in [-0.15, -0.1) is 0 Å². The van der Waals surface area contributed by atoms with Gasteiger partial charge in [0.05, 0.1) is 26.3 Å². The van der Waals surface area contributed by atoms with E-state index in [0.717, 1.165) is 0 Å². The van der Waals surface area contributed by atoms with E-state index in [1.165, 1.54) is 24.4 Å². The number of hydrogen-bond acceptors (Lipinski definition) is 3. The van der Waals surface area contributed by atoms with Gasteiger partial charge in [-0.25, -0.2) is 4.98 Å². The molecule has 3 N–H and O–H groups in total. The number of carbonyl (C=O) groups is 1. The Hall–Kier alpha value is -1.49. The Balaban J connectivity index is 2.24. The van der Waals surface area contributed by atoms with Crippen LogP contribution in [0.15, 0.2) is 30.5 Å². The summed E-state index contributed by atoms with van der Waals surface area (Å²) in [4.78, 5) is 15.8. The van der Waals surface area contributed by atoms with Crippen LogP contribution >= 0.6 is 34.8 Å². The average Bonchev–Trinajstić information content (AvgIpc) is 2.36. The molecular weight excluding hydrogens is 309 g/mol. The first-order chi connectivity index (χ1) is 8.97. The van der Waals surface area contributed by atoms with Crippen LogP contribution in [-0.4, -0.2) is 10.9 Å². The number of rotatable bonds is 2. The predicted molar refractivity (Wildman–Crippen MR) is 78.1 cm³/mol. The van der Waals surface area contributed by atoms with Crippen molar-refractivity contribution in [1.82, 2.24) is 4.98 Å². The molecule has 98 valence electrons. The highest BCUT2D eigenvalue weighted by molar-refractivity contribution is 6.44. The largest absolute Gasteiger partial charge is 0.384 e. The molecule has 1 aromatic carbocycles. The maximum atomic E-state index is 11.9. The van der Waals surface area contributed by atoms with Gasteiger partial charge in [-0.05, 0) is 24.3 Å². The summed E-state index contributed by atoms with van der Waals surface area (Å²) in [5.41, 5.74) is 6.17. The lowest BCUT2D eigenvalue weighted by atomic mass is 10.2. The standard InChI is InChI=1S/C12H8Cl3N3O/c13-7-3-9(15)10(4-8(7)14)18-12(19)6-1-2-11(16)17-5-6/h1-5H,(H2,16,17)(H,18,19). The molecule has 0 spiro atoms. The molecule has 2 rings (SSSR count). The van der Waals surface area contributed by atoms with E-state index in [1.54, 1.807) is 6.07 Å². The lowest BCUT2D eigenvalue weighted by molar-refractivity contribution is 0.102. The summed E-state index contributed by atoms with van der Waals surface area (Å²) in [7, 11) is 0. The van der Waals surface area contributed by atoms with Crippen molar-refractivity contribution >= 4 is 52.2 Å². The Morgan fingerprint density at radius 1 is 1.11 bits per heavy atom. The first kappa shape index (κ1) is 13.9. The number of nitrogens with one attached hydrogen (secondary N) is 1. The number of benzene rings is 1. The van der Waals surface area contributed by atoms with Crippen LogP contribution in [0.2, 0.25) is 15.1 Å². The highest BCUT2D eigenvalue weighted by Crippen LogP contribution is 2.32. The van der Waals surface area contributed by atoms with Crippen molar-refractivity contribution in [1.29, 1.82) is 0 Å². The van der Waals surface area contributed by atoms with E-state index < -0.39 is 0 Å². The first-order valence-corrected chi connectivity index (χ1v) is 6.28. The molecule has 0 aliphatic heterocycles. The minimum atomic E-state index is -0.368. The normalized spacial score (nSPS) is 10.3. The van der Waals surface area contributed by atoms with Gasteiger partial charge < -0.3 is 11.1 Å². The molecule has 0 atom stereocenters. The SMILES string of the molecule is Nc1ccc(C(=O)Nc2cc(Cl)c(Cl)cc2Cl)cn1. The smallest absolute Gasteiger partial charge is 0.257 e. The number of aromatic nitrogens is 1. The summed E-state index contributed by atoms with van der Waals surface area (Å²) in [5, 5.41) is 3.54. The number of anilines is 2. The lowest BCUT2D eigenvalue weighted by Crippen LogP contribution is -2.12. The Morgan fingerprint density at radius 2 is 1.79 bits per heavy atom. The van der Waals surface area contributed by atoms with Crippen molar-refractivity contribution in [3.63, 3.8) is 0 Å². The molecule has 0 bridgehead atoms. The topological polar surface area (TPSA) is 68.0 Å². The van der Waals surface area contributed by atoms with Crippen molar-refractivity contribution in [2.24, 2.45) is 0 Å². The quantitative estimate of drug-likeness (QED) is 0.826. The fourth-order valence-corrected chi connectivity index (χ4v) is 1.95. The highest BCUT2D eigenvalue weighted by atomic mass is 35.5. The minimum absolute atomic E-state index is 0.297. The van der Waals surface area contributed by atoms with Gasteiger partial charge in [-0.2, -0.15) is 0 Å². The van der Waals surface area contributed by atoms with Crippen molar-refractivity contribution in [3.8, 4) is 0 Å². The Kier molecular flexibility index (Phi) is 4.14. The van der Waals surface area contributed by atoms with Crippen molar-refractivity contribution in [2.45, 2.75) is 0 Å². The van der Waals surface area contributed by atoms with Crippen LogP contribution in [0.3, 0.4) is 0 Å². The molecule has 1 amide bonds. The van der Waals surface area contributed by atoms with Crippen LogP contribution in [0, 0.1) is 0 Å². The zero-order valence-corrected chi connectivity index (χ0v) is 11.7. The summed E-state index contributed by atoms with van der Waals surface area (Å²) in [6, 6.07) is 6.03. The second-order valence-corrected chi connectivity index (χ2v) is 4.89. The first-order valence-electron chi connectivity index (χ1n) is 5.15. The Morgan fingerprint density at radius 3 is 2.42 bits per heavy atom. The van der Waals surface area contributed by atoms with Crippen LogP contribution in [0.5, 0.6) is 0 Å². The molecule has 1 aromatic heterocycles. The van der Waals surface area contributed by atoms with E-state index in [-0.39, 0.29) is 5.91 Å². The molecule has 0 saturated heterocycles. The summed E-state index contributed by atoms with van der Waals surface area (Å²) in [6.07, 6.45) is 1.37. The maximum Gasteiger partial charge on any atom is 0.257 e. The lowest BCUT2D eigenvalue weighted by Gasteiger charge is -2.08. The Labute approximate surface area is 124 Å². The van der Waals surface area contributed by atoms with Gasteiger partial charge in [0.1, 0.15) is 5.82 Å². The molecular formula is C12H8Cl3N3O. The summed E-state index contributed by atoms with van der Waals surface area (Å²) in [6.45, 7) is 0. The monoisotopic (exact) mass is 315 g/mol. The third-order valence-electron chi connectivity index (χ3n) is 2.31. The van der Waals surface area contributed by atoms with Gasteiger partial charge in [-0.3, -0.25) is 4.79 Å². The second kappa shape index (κ2) is 5.65. The molecule has 0 fully saturated rings. The molecule has 0 radical (unpaired) electrons. The van der Waals surface area contributed by atoms with Gasteiger partial charge in [0.2, 0.25) is 0 Å². The van der Waals surface area contributed by atoms with Crippen molar-refractivity contribution in [2.75, 3.05) is 11.1 Å². The van der Waals surface area contributed by atoms with Crippen LogP contribution in [0.25, 0.3) is 0 Å². The second-order valence-electron chi connectivity index (χ2n) is 3.67. The average molecular weight is 317 g/mol.